The molecule has 2 aliphatic rings. The van der Waals surface area contributed by atoms with E-state index >= 15 is 0 Å². The largest absolute Gasteiger partial charge is 0.476 e. The molecule has 2 fully saturated rings. The van der Waals surface area contributed by atoms with E-state index in [0.717, 1.165) is 25.9 Å². The Morgan fingerprint density at radius 3 is 2.58 bits per heavy atom. The number of nitrogens with one attached hydrogen (secondary N) is 1. The van der Waals surface area contributed by atoms with Crippen LogP contribution in [0.3, 0.4) is 0 Å². The molecule has 1 aliphatic carbocycles. The number of hydrogen-bond acceptors (Lipinski definition) is 8. The molecular formula is C26H37F3N2O5S2. The van der Waals surface area contributed by atoms with E-state index in [1.165, 1.54) is 35.4 Å². The van der Waals surface area contributed by atoms with Crippen LogP contribution in [0.15, 0.2) is 33.8 Å². The topological polar surface area (TPSA) is 120 Å². The Bertz CT molecular complexity index is 960. The van der Waals surface area contributed by atoms with Crippen LogP contribution in [0.5, 0.6) is 0 Å². The van der Waals surface area contributed by atoms with Gasteiger partial charge in [0.05, 0.1) is 5.60 Å². The molecule has 0 unspecified atom stereocenters. The van der Waals surface area contributed by atoms with Crippen molar-refractivity contribution >= 4 is 34.9 Å². The van der Waals surface area contributed by atoms with Crippen LogP contribution in [0.4, 0.5) is 13.2 Å². The van der Waals surface area contributed by atoms with Gasteiger partial charge in [0.1, 0.15) is 5.78 Å². The Kier molecular flexibility index (Phi) is 14.0. The van der Waals surface area contributed by atoms with E-state index in [-0.39, 0.29) is 36.2 Å². The van der Waals surface area contributed by atoms with Gasteiger partial charge in [-0.15, -0.1) is 11.3 Å². The molecule has 214 valence electrons. The molecule has 12 heteroatoms. The Labute approximate surface area is 229 Å². The molecule has 3 atom stereocenters. The van der Waals surface area contributed by atoms with E-state index in [1.807, 2.05) is 6.08 Å². The lowest BCUT2D eigenvalue weighted by Gasteiger charge is -2.21. The van der Waals surface area contributed by atoms with Crippen molar-refractivity contribution < 1.29 is 38.1 Å². The molecule has 1 aliphatic heterocycles. The number of piperidine rings is 1. The molecule has 0 amide bonds. The number of ketones is 1. The van der Waals surface area contributed by atoms with Gasteiger partial charge in [0.15, 0.2) is 15.9 Å². The predicted octanol–water partition coefficient (Wildman–Crippen LogP) is 5.45. The monoisotopic (exact) mass is 578 g/mol. The number of nitrogens with zero attached hydrogens (tertiary/aromatic N) is 1. The number of halogens is 3. The molecule has 1 aromatic rings. The van der Waals surface area contributed by atoms with E-state index < -0.39 is 29.9 Å². The van der Waals surface area contributed by atoms with Gasteiger partial charge < -0.3 is 20.6 Å². The molecule has 1 aromatic heterocycles. The van der Waals surface area contributed by atoms with E-state index in [4.69, 9.17) is 10.2 Å². The number of allylic oxidation sites excluding steroid dienone is 2. The number of aromatic carboxylic acids is 1. The average molecular weight is 579 g/mol. The standard InChI is InChI=1S/C20H24F3NO4S2.C6H13NO/c1-20(28,9-6-14(21)17(22)23)8-2-3-12-4-5-16(25)13(12)7-10-29-19-24-15(11-30-19)18(26)27;8-5-6-1-3-7-4-2-6/h2-3,11-13,28H,4-10H2,1H3,(H,26,27);6-8H,1-5H2/b3-2+;/t12-,13+,20+;/m0./s1. The van der Waals surface area contributed by atoms with E-state index in [9.17, 15) is 27.9 Å². The number of carboxylic acid groups (broad SMARTS) is 1. The molecule has 1 saturated heterocycles. The summed E-state index contributed by atoms with van der Waals surface area (Å²) >= 11 is 2.67. The molecule has 1 saturated carbocycles. The maximum Gasteiger partial charge on any atom is 0.355 e. The fourth-order valence-electron chi connectivity index (χ4n) is 4.37. The Morgan fingerprint density at radius 2 is 2.00 bits per heavy atom. The second-order valence-electron chi connectivity index (χ2n) is 9.89. The van der Waals surface area contributed by atoms with Gasteiger partial charge in [-0.1, -0.05) is 23.9 Å². The smallest absolute Gasteiger partial charge is 0.355 e. The maximum atomic E-state index is 12.9. The van der Waals surface area contributed by atoms with E-state index in [2.05, 4.69) is 10.3 Å². The van der Waals surface area contributed by atoms with Crippen LogP contribution in [0.25, 0.3) is 0 Å². The highest BCUT2D eigenvalue weighted by atomic mass is 32.2. The van der Waals surface area contributed by atoms with Crippen molar-refractivity contribution in [3.05, 3.63) is 35.1 Å². The summed E-state index contributed by atoms with van der Waals surface area (Å²) in [6.45, 7) is 4.02. The zero-order valence-corrected chi connectivity index (χ0v) is 23.1. The SMILES string of the molecule is C[C@@](O)(C/C=C/[C@H]1CCC(=O)[C@@H]1CCSc1nc(C(=O)O)cs1)CCC(F)=C(F)F.OCC1CCNCC1. The molecule has 0 bridgehead atoms. The number of thioether (sulfide) groups is 1. The molecule has 4 N–H and O–H groups in total. The third-order valence-electron chi connectivity index (χ3n) is 6.76. The Morgan fingerprint density at radius 1 is 1.29 bits per heavy atom. The molecule has 2 heterocycles. The van der Waals surface area contributed by atoms with Gasteiger partial charge in [0.25, 0.3) is 0 Å². The van der Waals surface area contributed by atoms with Crippen LogP contribution in [0.1, 0.15) is 68.8 Å². The number of Topliss-reactive ketones (excluding diaryl/α,β-unsaturated/α-hetero) is 1. The zero-order chi connectivity index (χ0) is 28.1. The Hall–Kier alpha value is -1.73. The number of aliphatic hydroxyl groups is 2. The van der Waals surface area contributed by atoms with E-state index in [1.54, 1.807) is 6.08 Å². The fraction of sp³-hybridized carbons (Fsp3) is 0.654. The van der Waals surface area contributed by atoms with Crippen molar-refractivity contribution in [2.45, 2.75) is 68.2 Å². The average Bonchev–Trinajstić information content (AvgIpc) is 3.50. The van der Waals surface area contributed by atoms with Gasteiger partial charge in [-0.25, -0.2) is 14.2 Å². The lowest BCUT2D eigenvalue weighted by atomic mass is 9.90. The van der Waals surface area contributed by atoms with Crippen molar-refractivity contribution in [1.29, 1.82) is 0 Å². The molecular weight excluding hydrogens is 541 g/mol. The number of aromatic nitrogens is 1. The van der Waals surface area contributed by atoms with Crippen LogP contribution in [-0.4, -0.2) is 63.1 Å². The number of carbonyl (C=O) groups excluding carboxylic acids is 1. The maximum absolute atomic E-state index is 12.9. The van der Waals surface area contributed by atoms with Crippen molar-refractivity contribution in [3.8, 4) is 0 Å². The van der Waals surface area contributed by atoms with Gasteiger partial charge in [-0.2, -0.15) is 8.78 Å². The summed E-state index contributed by atoms with van der Waals surface area (Å²) in [6, 6.07) is 0. The molecule has 0 radical (unpaired) electrons. The van der Waals surface area contributed by atoms with Crippen molar-refractivity contribution in [3.63, 3.8) is 0 Å². The van der Waals surface area contributed by atoms with Crippen molar-refractivity contribution in [2.24, 2.45) is 17.8 Å². The molecule has 0 spiro atoms. The van der Waals surface area contributed by atoms with Crippen molar-refractivity contribution in [2.75, 3.05) is 25.4 Å². The van der Waals surface area contributed by atoms with Gasteiger partial charge in [0.2, 0.25) is 0 Å². The fourth-order valence-corrected chi connectivity index (χ4v) is 6.26. The van der Waals surface area contributed by atoms with Gasteiger partial charge in [0, 0.05) is 36.5 Å². The normalized spacial score (nSPS) is 21.7. The summed E-state index contributed by atoms with van der Waals surface area (Å²) in [7, 11) is 0. The van der Waals surface area contributed by atoms with Crippen LogP contribution >= 0.6 is 23.1 Å². The van der Waals surface area contributed by atoms with Crippen LogP contribution < -0.4 is 5.32 Å². The quantitative estimate of drug-likeness (QED) is 0.191. The Balaban J connectivity index is 0.000000538. The number of thiazole rings is 1. The lowest BCUT2D eigenvalue weighted by Crippen LogP contribution is -2.29. The lowest BCUT2D eigenvalue weighted by molar-refractivity contribution is -0.121. The third-order valence-corrected chi connectivity index (χ3v) is 8.81. The van der Waals surface area contributed by atoms with Crippen LogP contribution in [-0.2, 0) is 4.79 Å². The third kappa shape index (κ3) is 11.6. The summed E-state index contributed by atoms with van der Waals surface area (Å²) in [5.74, 6) is -1.32. The second kappa shape index (κ2) is 16.4. The van der Waals surface area contributed by atoms with Crippen LogP contribution in [0.2, 0.25) is 0 Å². The minimum absolute atomic E-state index is 0.0110. The minimum Gasteiger partial charge on any atom is -0.476 e. The number of rotatable bonds is 12. The first-order valence-electron chi connectivity index (χ1n) is 12.8. The number of carboxylic acids is 1. The van der Waals surface area contributed by atoms with E-state index in [0.29, 0.717) is 41.9 Å². The molecule has 3 rings (SSSR count). The van der Waals surface area contributed by atoms with Crippen molar-refractivity contribution in [1.82, 2.24) is 10.3 Å². The van der Waals surface area contributed by atoms with Gasteiger partial charge in [-0.05, 0) is 70.4 Å². The molecule has 0 aromatic carbocycles. The zero-order valence-electron chi connectivity index (χ0n) is 21.5. The number of aliphatic hydroxyl groups excluding tert-OH is 1. The first kappa shape index (κ1) is 32.5. The summed E-state index contributed by atoms with van der Waals surface area (Å²) in [4.78, 5) is 27.1. The molecule has 7 nitrogen and oxygen atoms in total. The first-order chi connectivity index (χ1) is 18.0. The predicted molar refractivity (Wildman–Crippen MR) is 142 cm³/mol. The van der Waals surface area contributed by atoms with Gasteiger partial charge >= 0.3 is 12.0 Å². The molecule has 38 heavy (non-hydrogen) atoms. The minimum atomic E-state index is -2.36. The highest BCUT2D eigenvalue weighted by Crippen LogP contribution is 2.35. The highest BCUT2D eigenvalue weighted by molar-refractivity contribution is 8.01. The summed E-state index contributed by atoms with van der Waals surface area (Å²) in [5.41, 5.74) is -1.30. The second-order valence-corrected chi connectivity index (χ2v) is 12.1. The summed E-state index contributed by atoms with van der Waals surface area (Å²) in [5, 5.41) is 32.5. The first-order valence-corrected chi connectivity index (χ1v) is 14.6. The number of carbonyl (C=O) groups is 2. The summed E-state index contributed by atoms with van der Waals surface area (Å²) in [6.07, 6.45) is 4.89. The number of hydrogen-bond donors (Lipinski definition) is 4. The van der Waals surface area contributed by atoms with Crippen LogP contribution in [0, 0.1) is 17.8 Å². The van der Waals surface area contributed by atoms with Gasteiger partial charge in [-0.3, -0.25) is 4.79 Å². The highest BCUT2D eigenvalue weighted by Gasteiger charge is 2.32. The summed E-state index contributed by atoms with van der Waals surface area (Å²) < 4.78 is 37.8.